The Bertz CT molecular complexity index is 112. The van der Waals surface area contributed by atoms with Gasteiger partial charge in [-0.15, -0.1) is 78.9 Å². The van der Waals surface area contributed by atoms with Crippen LogP contribution in [0.4, 0.5) is 4.79 Å². The molecule has 19 heavy (non-hydrogen) atoms. The third-order valence-electron chi connectivity index (χ3n) is 0.317. The zero-order valence-electron chi connectivity index (χ0n) is 12.1. The highest BCUT2D eigenvalue weighted by Gasteiger charge is 1.90. The smallest absolute Gasteiger partial charge is 0.450 e. The fourth-order valence-electron chi connectivity index (χ4n) is 0.133. The van der Waals surface area contributed by atoms with Gasteiger partial charge in [0.1, 0.15) is 6.61 Å². The van der Waals surface area contributed by atoms with E-state index in [0.29, 0.717) is 0 Å². The Morgan fingerprint density at radius 3 is 1.00 bits per heavy atom. The summed E-state index contributed by atoms with van der Waals surface area (Å²) in [4.78, 5) is 9.42. The van der Waals surface area contributed by atoms with Crippen LogP contribution < -0.4 is 0 Å². The highest BCUT2D eigenvalue weighted by atomic mass is 16.7. The summed E-state index contributed by atoms with van der Waals surface area (Å²) in [6.07, 6.45) is -1.35. The van der Waals surface area contributed by atoms with Gasteiger partial charge in [0.2, 0.25) is 0 Å². The molecule has 0 rings (SSSR count). The van der Waals surface area contributed by atoms with Crippen molar-refractivity contribution in [1.29, 1.82) is 0 Å². The molecule has 2 N–H and O–H groups in total. The lowest BCUT2D eigenvalue weighted by Gasteiger charge is -1.91. The lowest BCUT2D eigenvalue weighted by molar-refractivity contribution is 0.0743. The molecule has 0 aromatic heterocycles. The number of aliphatic hydroxyl groups is 1. The Morgan fingerprint density at radius 1 is 0.737 bits per heavy atom. The zero-order chi connectivity index (χ0) is 17.7. The van der Waals surface area contributed by atoms with E-state index in [0.717, 1.165) is 0 Å². The molecule has 0 aliphatic carbocycles. The van der Waals surface area contributed by atoms with Gasteiger partial charge in [0.05, 0.1) is 6.61 Å². The van der Waals surface area contributed by atoms with Crippen LogP contribution in [0.2, 0.25) is 0 Å². The van der Waals surface area contributed by atoms with Crippen LogP contribution in [0.25, 0.3) is 0 Å². The fraction of sp³-hybridized carbons (Fsp3) is 0.133. The summed E-state index contributed by atoms with van der Waals surface area (Å²) in [6.45, 7) is 35.6. The maximum atomic E-state index is 9.42. The summed E-state index contributed by atoms with van der Waals surface area (Å²) in [5.74, 6) is 0. The molecule has 0 aliphatic rings. The van der Waals surface area contributed by atoms with Gasteiger partial charge in [0, 0.05) is 0 Å². The molecule has 0 heterocycles. The monoisotopic (exact) mass is 274 g/mol. The quantitative estimate of drug-likeness (QED) is 0.575. The predicted octanol–water partition coefficient (Wildman–Crippen LogP) is 4.49. The van der Waals surface area contributed by atoms with Crippen molar-refractivity contribution in [2.45, 2.75) is 0 Å². The molecule has 0 unspecified atom stereocenters. The summed E-state index contributed by atoms with van der Waals surface area (Å²) < 4.78 is 3.86. The second kappa shape index (κ2) is 250. The highest BCUT2D eigenvalue weighted by molar-refractivity contribution is 5.56. The molecular weight excluding hydrogens is 244 g/mol. The SMILES string of the molecule is C=C.C=C.C=C.C=C.C=C.C=C.O=C(O)OCCO. The molecule has 4 nitrogen and oxygen atoms in total. The average molecular weight is 274 g/mol. The van der Waals surface area contributed by atoms with Gasteiger partial charge in [-0.25, -0.2) is 4.79 Å². The van der Waals surface area contributed by atoms with Gasteiger partial charge in [0.15, 0.2) is 0 Å². The van der Waals surface area contributed by atoms with E-state index in [4.69, 9.17) is 10.2 Å². The van der Waals surface area contributed by atoms with Gasteiger partial charge >= 0.3 is 6.16 Å². The van der Waals surface area contributed by atoms with Crippen LogP contribution in [0, 0.1) is 0 Å². The number of hydrogen-bond acceptors (Lipinski definition) is 3. The first-order valence-corrected chi connectivity index (χ1v) is 4.74. The molecule has 114 valence electrons. The molecule has 0 atom stereocenters. The molecule has 0 aromatic rings. The molecule has 0 amide bonds. The Morgan fingerprint density at radius 2 is 0.947 bits per heavy atom. The Labute approximate surface area is 119 Å². The van der Waals surface area contributed by atoms with Crippen molar-refractivity contribution in [2.75, 3.05) is 13.2 Å². The molecule has 0 aromatic carbocycles. The van der Waals surface area contributed by atoms with Crippen LogP contribution in [0.3, 0.4) is 0 Å². The number of aliphatic hydroxyl groups excluding tert-OH is 1. The van der Waals surface area contributed by atoms with E-state index >= 15 is 0 Å². The van der Waals surface area contributed by atoms with Crippen molar-refractivity contribution in [3.8, 4) is 0 Å². The van der Waals surface area contributed by atoms with Crippen molar-refractivity contribution in [3.63, 3.8) is 0 Å². The molecule has 0 bridgehead atoms. The molecule has 0 fully saturated rings. The molecular formula is C15H30O4. The van der Waals surface area contributed by atoms with E-state index in [1.165, 1.54) is 0 Å². The van der Waals surface area contributed by atoms with E-state index in [9.17, 15) is 4.79 Å². The Kier molecular flexibility index (Phi) is 577. The lowest BCUT2D eigenvalue weighted by Crippen LogP contribution is -2.04. The maximum Gasteiger partial charge on any atom is 0.505 e. The minimum Gasteiger partial charge on any atom is -0.450 e. The van der Waals surface area contributed by atoms with Gasteiger partial charge < -0.3 is 14.9 Å². The predicted molar refractivity (Wildman–Crippen MR) is 88.6 cm³/mol. The minimum atomic E-state index is -1.35. The maximum absolute atomic E-state index is 9.42. The van der Waals surface area contributed by atoms with Gasteiger partial charge in [-0.2, -0.15) is 0 Å². The summed E-state index contributed by atoms with van der Waals surface area (Å²) in [5.41, 5.74) is 0. The van der Waals surface area contributed by atoms with Crippen LogP contribution in [0.15, 0.2) is 78.9 Å². The summed E-state index contributed by atoms with van der Waals surface area (Å²) in [6, 6.07) is 0. The number of carboxylic acid groups (broad SMARTS) is 1. The molecule has 0 saturated heterocycles. The topological polar surface area (TPSA) is 66.8 Å². The Balaban J connectivity index is -0.0000000205. The number of ether oxygens (including phenoxy) is 1. The first kappa shape index (κ1) is 43.8. The molecule has 0 spiro atoms. The van der Waals surface area contributed by atoms with E-state index in [2.05, 4.69) is 83.7 Å². The van der Waals surface area contributed by atoms with Crippen LogP contribution in [-0.4, -0.2) is 29.6 Å². The van der Waals surface area contributed by atoms with E-state index in [-0.39, 0.29) is 13.2 Å². The fourth-order valence-corrected chi connectivity index (χ4v) is 0.133. The first-order valence-electron chi connectivity index (χ1n) is 4.74. The number of rotatable bonds is 2. The summed E-state index contributed by atoms with van der Waals surface area (Å²) in [5, 5.41) is 15.6. The lowest BCUT2D eigenvalue weighted by atomic mass is 10.8. The second-order valence-electron chi connectivity index (χ2n) is 0.838. The largest absolute Gasteiger partial charge is 0.505 e. The molecule has 0 radical (unpaired) electrons. The molecule has 0 aliphatic heterocycles. The van der Waals surface area contributed by atoms with Crippen LogP contribution >= 0.6 is 0 Å². The van der Waals surface area contributed by atoms with Crippen molar-refractivity contribution in [3.05, 3.63) is 78.9 Å². The first-order chi connectivity index (χ1) is 9.27. The van der Waals surface area contributed by atoms with E-state index < -0.39 is 6.16 Å². The van der Waals surface area contributed by atoms with Gasteiger partial charge in [0.25, 0.3) is 0 Å². The van der Waals surface area contributed by atoms with Crippen LogP contribution in [0.5, 0.6) is 0 Å². The second-order valence-corrected chi connectivity index (χ2v) is 0.838. The number of carbonyl (C=O) groups is 1. The van der Waals surface area contributed by atoms with Gasteiger partial charge in [-0.1, -0.05) is 0 Å². The zero-order valence-corrected chi connectivity index (χ0v) is 12.1. The minimum absolute atomic E-state index is 0.144. The van der Waals surface area contributed by atoms with Crippen molar-refractivity contribution in [2.24, 2.45) is 0 Å². The average Bonchev–Trinajstić information content (AvgIpc) is 2.57. The van der Waals surface area contributed by atoms with Crippen molar-refractivity contribution in [1.82, 2.24) is 0 Å². The number of hydrogen-bond donors (Lipinski definition) is 2. The standard InChI is InChI=1S/C3H6O4.6C2H4/c4-1-2-7-3(5)6;6*1-2/h4H,1-2H2,(H,5,6);6*1-2H2. The van der Waals surface area contributed by atoms with Gasteiger partial charge in [-0.05, 0) is 0 Å². The van der Waals surface area contributed by atoms with Crippen molar-refractivity contribution < 1.29 is 19.7 Å². The molecule has 0 saturated carbocycles. The third-order valence-corrected chi connectivity index (χ3v) is 0.317. The van der Waals surface area contributed by atoms with Crippen LogP contribution in [-0.2, 0) is 4.74 Å². The molecule has 4 heteroatoms. The van der Waals surface area contributed by atoms with E-state index in [1.807, 2.05) is 0 Å². The van der Waals surface area contributed by atoms with Crippen molar-refractivity contribution >= 4 is 6.16 Å². The van der Waals surface area contributed by atoms with Crippen LogP contribution in [0.1, 0.15) is 0 Å². The Hall–Kier alpha value is -2.33. The summed E-state index contributed by atoms with van der Waals surface area (Å²) >= 11 is 0. The normalized spacial score (nSPS) is 4.26. The highest BCUT2D eigenvalue weighted by Crippen LogP contribution is 1.71. The third kappa shape index (κ3) is 1050. The summed E-state index contributed by atoms with van der Waals surface area (Å²) in [7, 11) is 0. The van der Waals surface area contributed by atoms with Gasteiger partial charge in [-0.3, -0.25) is 0 Å². The van der Waals surface area contributed by atoms with E-state index in [1.54, 1.807) is 0 Å².